The topological polar surface area (TPSA) is 83.8 Å². The van der Waals surface area contributed by atoms with Gasteiger partial charge in [-0.05, 0) is 34.5 Å². The molecule has 0 heterocycles. The third-order valence-electron chi connectivity index (χ3n) is 4.65. The molecule has 0 spiro atoms. The molecule has 0 aromatic heterocycles. The zero-order chi connectivity index (χ0) is 19.7. The van der Waals surface area contributed by atoms with Crippen LogP contribution in [-0.2, 0) is 10.1 Å². The molecular formula is C22H18O5S. The Morgan fingerprint density at radius 3 is 2.25 bits per heavy atom. The number of rotatable bonds is 5. The van der Waals surface area contributed by atoms with Crippen LogP contribution in [0.5, 0.6) is 5.75 Å². The van der Waals surface area contributed by atoms with Gasteiger partial charge < -0.3 is 9.84 Å². The van der Waals surface area contributed by atoms with E-state index in [4.69, 9.17) is 4.74 Å². The van der Waals surface area contributed by atoms with Crippen molar-refractivity contribution in [2.24, 2.45) is 0 Å². The van der Waals surface area contributed by atoms with Crippen molar-refractivity contribution in [3.8, 4) is 5.75 Å². The molecule has 28 heavy (non-hydrogen) atoms. The summed E-state index contributed by atoms with van der Waals surface area (Å²) in [4.78, 5) is -0.205. The summed E-state index contributed by atoms with van der Waals surface area (Å²) >= 11 is 0. The molecule has 1 unspecified atom stereocenters. The number of ether oxygens (including phenoxy) is 1. The Bertz CT molecular complexity index is 1250. The van der Waals surface area contributed by atoms with Crippen molar-refractivity contribution in [2.75, 3.05) is 6.61 Å². The quantitative estimate of drug-likeness (QED) is 0.388. The molecule has 0 amide bonds. The highest BCUT2D eigenvalue weighted by Gasteiger charge is 2.16. The van der Waals surface area contributed by atoms with Crippen molar-refractivity contribution in [3.05, 3.63) is 84.4 Å². The zero-order valence-corrected chi connectivity index (χ0v) is 15.6. The average molecular weight is 394 g/mol. The molecule has 0 saturated heterocycles. The minimum Gasteiger partial charge on any atom is -0.489 e. The van der Waals surface area contributed by atoms with Gasteiger partial charge in [0, 0.05) is 10.8 Å². The second-order valence-corrected chi connectivity index (χ2v) is 7.94. The van der Waals surface area contributed by atoms with Crippen molar-refractivity contribution in [2.45, 2.75) is 11.0 Å². The van der Waals surface area contributed by atoms with Crippen molar-refractivity contribution >= 4 is 31.7 Å². The van der Waals surface area contributed by atoms with Crippen LogP contribution < -0.4 is 4.74 Å². The van der Waals surface area contributed by atoms with Gasteiger partial charge in [-0.15, -0.1) is 0 Å². The standard InChI is InChI=1S/C22H18O5S/c23-21(15-6-2-1-3-7-15)14-27-22-19-9-5-4-8-16(19)12-17-10-11-18(13-20(17)22)28(24,25)26/h1-13,21,23H,14H2,(H,24,25,26). The Morgan fingerprint density at radius 2 is 1.50 bits per heavy atom. The summed E-state index contributed by atoms with van der Waals surface area (Å²) in [5.74, 6) is 0.466. The van der Waals surface area contributed by atoms with Gasteiger partial charge in [0.15, 0.2) is 0 Å². The first-order chi connectivity index (χ1) is 13.4. The molecule has 4 aromatic rings. The SMILES string of the molecule is O=S(=O)(O)c1ccc2cc3ccccc3c(OCC(O)c3ccccc3)c2c1. The summed E-state index contributed by atoms with van der Waals surface area (Å²) in [6.07, 6.45) is -0.833. The Kier molecular flexibility index (Phi) is 4.77. The van der Waals surface area contributed by atoms with Gasteiger partial charge in [0.1, 0.15) is 18.5 Å². The van der Waals surface area contributed by atoms with E-state index in [0.717, 1.165) is 21.7 Å². The first kappa shape index (κ1) is 18.4. The van der Waals surface area contributed by atoms with Crippen LogP contribution in [0.2, 0.25) is 0 Å². The lowest BCUT2D eigenvalue weighted by Gasteiger charge is -2.17. The molecular weight excluding hydrogens is 376 g/mol. The number of aliphatic hydroxyl groups excluding tert-OH is 1. The molecule has 0 bridgehead atoms. The predicted octanol–water partition coefficient (Wildman–Crippen LogP) is 4.35. The molecule has 0 radical (unpaired) electrons. The number of hydrogen-bond acceptors (Lipinski definition) is 4. The summed E-state index contributed by atoms with van der Waals surface area (Å²) in [6.45, 7) is 0.00320. The zero-order valence-electron chi connectivity index (χ0n) is 14.8. The van der Waals surface area contributed by atoms with Crippen LogP contribution in [0.1, 0.15) is 11.7 Å². The normalized spacial score (nSPS) is 12.9. The van der Waals surface area contributed by atoms with Crippen molar-refractivity contribution < 1.29 is 22.8 Å². The lowest BCUT2D eigenvalue weighted by Crippen LogP contribution is -2.10. The van der Waals surface area contributed by atoms with Gasteiger partial charge in [0.25, 0.3) is 10.1 Å². The Morgan fingerprint density at radius 1 is 0.821 bits per heavy atom. The Labute approximate surface area is 162 Å². The lowest BCUT2D eigenvalue weighted by atomic mass is 10.0. The molecule has 4 aromatic carbocycles. The van der Waals surface area contributed by atoms with Crippen LogP contribution >= 0.6 is 0 Å². The maximum atomic E-state index is 11.6. The van der Waals surface area contributed by atoms with E-state index in [1.807, 2.05) is 60.7 Å². The molecule has 0 saturated carbocycles. The van der Waals surface area contributed by atoms with Crippen LogP contribution in [0.3, 0.4) is 0 Å². The fraction of sp³-hybridized carbons (Fsp3) is 0.0909. The maximum Gasteiger partial charge on any atom is 0.294 e. The van der Waals surface area contributed by atoms with Crippen molar-refractivity contribution in [3.63, 3.8) is 0 Å². The van der Waals surface area contributed by atoms with Crippen molar-refractivity contribution in [1.82, 2.24) is 0 Å². The van der Waals surface area contributed by atoms with E-state index in [0.29, 0.717) is 11.1 Å². The van der Waals surface area contributed by atoms with Gasteiger partial charge >= 0.3 is 0 Å². The van der Waals surface area contributed by atoms with Gasteiger partial charge in [-0.25, -0.2) is 0 Å². The molecule has 1 atom stereocenters. The monoisotopic (exact) mass is 394 g/mol. The summed E-state index contributed by atoms with van der Waals surface area (Å²) in [5, 5.41) is 13.5. The van der Waals surface area contributed by atoms with Crippen LogP contribution in [-0.4, -0.2) is 24.7 Å². The van der Waals surface area contributed by atoms with E-state index in [2.05, 4.69) is 0 Å². The molecule has 142 valence electrons. The third kappa shape index (κ3) is 3.57. The number of benzene rings is 4. The molecule has 0 aliphatic rings. The molecule has 5 nitrogen and oxygen atoms in total. The second kappa shape index (κ2) is 7.24. The molecule has 0 aliphatic carbocycles. The van der Waals surface area contributed by atoms with Crippen LogP contribution in [0.25, 0.3) is 21.5 Å². The minimum absolute atomic E-state index is 0.00320. The number of fused-ring (bicyclic) bond motifs is 2. The molecule has 0 aliphatic heterocycles. The number of aliphatic hydroxyl groups is 1. The van der Waals surface area contributed by atoms with E-state index >= 15 is 0 Å². The molecule has 0 fully saturated rings. The van der Waals surface area contributed by atoms with Gasteiger partial charge in [-0.2, -0.15) is 8.42 Å². The van der Waals surface area contributed by atoms with E-state index in [-0.39, 0.29) is 11.5 Å². The Hall–Kier alpha value is -2.93. The highest BCUT2D eigenvalue weighted by Crippen LogP contribution is 2.36. The van der Waals surface area contributed by atoms with Crippen LogP contribution in [0.15, 0.2) is 83.8 Å². The van der Waals surface area contributed by atoms with Gasteiger partial charge in [0.05, 0.1) is 4.90 Å². The molecule has 6 heteroatoms. The summed E-state index contributed by atoms with van der Waals surface area (Å²) in [7, 11) is -4.34. The fourth-order valence-electron chi connectivity index (χ4n) is 3.25. The smallest absolute Gasteiger partial charge is 0.294 e. The lowest BCUT2D eigenvalue weighted by molar-refractivity contribution is 0.110. The van der Waals surface area contributed by atoms with Gasteiger partial charge in [-0.3, -0.25) is 4.55 Å². The first-order valence-electron chi connectivity index (χ1n) is 8.72. The molecule has 4 rings (SSSR count). The van der Waals surface area contributed by atoms with Crippen LogP contribution in [0, 0.1) is 0 Å². The Balaban J connectivity index is 1.83. The maximum absolute atomic E-state index is 11.6. The first-order valence-corrected chi connectivity index (χ1v) is 10.2. The van der Waals surface area contributed by atoms with Crippen molar-refractivity contribution in [1.29, 1.82) is 0 Å². The second-order valence-electron chi connectivity index (χ2n) is 6.52. The van der Waals surface area contributed by atoms with E-state index in [1.54, 1.807) is 6.07 Å². The summed E-state index contributed by atoms with van der Waals surface area (Å²) < 4.78 is 38.6. The van der Waals surface area contributed by atoms with Gasteiger partial charge in [-0.1, -0.05) is 60.7 Å². The van der Waals surface area contributed by atoms with E-state index in [1.165, 1.54) is 12.1 Å². The predicted molar refractivity (Wildman–Crippen MR) is 108 cm³/mol. The highest BCUT2D eigenvalue weighted by molar-refractivity contribution is 7.85. The number of hydrogen-bond donors (Lipinski definition) is 2. The van der Waals surface area contributed by atoms with Gasteiger partial charge in [0.2, 0.25) is 0 Å². The van der Waals surface area contributed by atoms with E-state index < -0.39 is 16.2 Å². The highest BCUT2D eigenvalue weighted by atomic mass is 32.2. The molecule has 2 N–H and O–H groups in total. The van der Waals surface area contributed by atoms with E-state index in [9.17, 15) is 18.1 Å². The fourth-order valence-corrected chi connectivity index (χ4v) is 3.76. The minimum atomic E-state index is -4.34. The average Bonchev–Trinajstić information content (AvgIpc) is 2.70. The largest absolute Gasteiger partial charge is 0.489 e. The summed E-state index contributed by atoms with van der Waals surface area (Å²) in [5.41, 5.74) is 0.727. The van der Waals surface area contributed by atoms with Crippen LogP contribution in [0.4, 0.5) is 0 Å². The summed E-state index contributed by atoms with van der Waals surface area (Å²) in [6, 6.07) is 23.0. The third-order valence-corrected chi connectivity index (χ3v) is 5.50.